The van der Waals surface area contributed by atoms with E-state index in [-0.39, 0.29) is 5.41 Å². The predicted octanol–water partition coefficient (Wildman–Crippen LogP) is 21.1. The number of fused-ring (bicyclic) bond motifs is 4. The summed E-state index contributed by atoms with van der Waals surface area (Å²) in [5.74, 6) is 0. The van der Waals surface area contributed by atoms with Crippen LogP contribution in [0.5, 0.6) is 0 Å². The van der Waals surface area contributed by atoms with Crippen LogP contribution in [0.4, 0.5) is 17.1 Å². The fraction of sp³-hybridized carbons (Fsp3) is 0.309. The molecule has 0 amide bonds. The van der Waals surface area contributed by atoms with Gasteiger partial charge >= 0.3 is 0 Å². The molecule has 71 heavy (non-hydrogen) atoms. The summed E-state index contributed by atoms with van der Waals surface area (Å²) in [7, 11) is 0. The average molecular weight is 951 g/mol. The summed E-state index contributed by atoms with van der Waals surface area (Å²) in [6, 6.07) is 62.4. The highest BCUT2D eigenvalue weighted by atomic mass is 32.1. The van der Waals surface area contributed by atoms with E-state index in [0.717, 1.165) is 27.6 Å². The van der Waals surface area contributed by atoms with Crippen molar-refractivity contribution in [3.05, 3.63) is 203 Å². The lowest BCUT2D eigenvalue weighted by atomic mass is 9.70. The van der Waals surface area contributed by atoms with Crippen molar-refractivity contribution in [2.24, 2.45) is 0 Å². The van der Waals surface area contributed by atoms with Crippen LogP contribution in [0.3, 0.4) is 0 Å². The molecular formula is C68H74N2S. The Morgan fingerprint density at radius 3 is 1.31 bits per heavy atom. The lowest BCUT2D eigenvalue weighted by Gasteiger charge is -2.33. The Labute approximate surface area is 430 Å². The van der Waals surface area contributed by atoms with Gasteiger partial charge in [-0.3, -0.25) is 0 Å². The summed E-state index contributed by atoms with van der Waals surface area (Å²) < 4.78 is 1.23. The maximum Gasteiger partial charge on any atom is 0.124 e. The van der Waals surface area contributed by atoms with E-state index in [1.54, 1.807) is 22.5 Å². The third-order valence-corrected chi connectivity index (χ3v) is 16.0. The van der Waals surface area contributed by atoms with E-state index in [2.05, 4.69) is 213 Å². The molecule has 0 aliphatic heterocycles. The van der Waals surface area contributed by atoms with E-state index in [1.807, 2.05) is 0 Å². The van der Waals surface area contributed by atoms with Crippen LogP contribution in [0.25, 0.3) is 56.2 Å². The van der Waals surface area contributed by atoms with E-state index >= 15 is 0 Å². The Balaban J connectivity index is 0.998. The summed E-state index contributed by atoms with van der Waals surface area (Å²) in [5, 5.41) is 1.08. The fourth-order valence-corrected chi connectivity index (χ4v) is 11.9. The average Bonchev–Trinajstić information content (AvgIpc) is 3.97. The molecule has 0 radical (unpaired) electrons. The van der Waals surface area contributed by atoms with Gasteiger partial charge < -0.3 is 4.90 Å². The maximum atomic E-state index is 4.91. The van der Waals surface area contributed by atoms with Crippen molar-refractivity contribution in [2.45, 2.75) is 135 Å². The predicted molar refractivity (Wildman–Crippen MR) is 311 cm³/mol. The number of rotatable bonds is 26. The molecule has 1 heterocycles. The molecule has 0 unspecified atom stereocenters. The zero-order valence-electron chi connectivity index (χ0n) is 42.5. The van der Waals surface area contributed by atoms with Crippen molar-refractivity contribution < 1.29 is 0 Å². The number of hydrogen-bond acceptors (Lipinski definition) is 3. The Morgan fingerprint density at radius 1 is 0.408 bits per heavy atom. The smallest absolute Gasteiger partial charge is 0.124 e. The zero-order valence-corrected chi connectivity index (χ0v) is 43.3. The van der Waals surface area contributed by atoms with Crippen LogP contribution in [-0.4, -0.2) is 4.98 Å². The Kier molecular flexibility index (Phi) is 17.6. The second kappa shape index (κ2) is 25.2. The largest absolute Gasteiger partial charge is 0.311 e. The van der Waals surface area contributed by atoms with Crippen LogP contribution < -0.4 is 4.90 Å². The van der Waals surface area contributed by atoms with Gasteiger partial charge in [-0.2, -0.15) is 0 Å². The van der Waals surface area contributed by atoms with E-state index in [1.165, 1.54) is 159 Å². The Morgan fingerprint density at radius 2 is 0.817 bits per heavy atom. The molecule has 1 aliphatic rings. The first kappa shape index (κ1) is 49.7. The molecule has 362 valence electrons. The van der Waals surface area contributed by atoms with E-state index in [4.69, 9.17) is 4.98 Å². The highest BCUT2D eigenvalue weighted by Crippen LogP contribution is 2.55. The standard InChI is InChI=1S/C68H74N2S/c1-3-5-7-9-11-13-15-25-49-68(50-26-16-14-12-10-8-6-4-2)63-51-55(35-33-53-37-43-57(44-38-53)67-69-65-31-23-24-32-66(65)71-67)41-47-61(63)62-48-42-56(52-64(62)68)36-34-54-39-45-60(46-40-54)70(58-27-19-17-20-28-58)59-29-21-18-22-30-59/h17-24,27-48,51-52H,3-16,25-26,49-50H2,1-2H3. The van der Waals surface area contributed by atoms with Crippen LogP contribution in [-0.2, 0) is 5.41 Å². The Hall–Kier alpha value is -6.29. The molecule has 0 fully saturated rings. The van der Waals surface area contributed by atoms with Gasteiger partial charge in [0.15, 0.2) is 0 Å². The van der Waals surface area contributed by atoms with Crippen molar-refractivity contribution in [3.8, 4) is 21.7 Å². The second-order valence-corrected chi connectivity index (χ2v) is 21.0. The molecule has 8 aromatic rings. The van der Waals surface area contributed by atoms with Gasteiger partial charge in [0.2, 0.25) is 0 Å². The van der Waals surface area contributed by atoms with E-state index in [9.17, 15) is 0 Å². The van der Waals surface area contributed by atoms with Crippen LogP contribution in [0.1, 0.15) is 163 Å². The first-order chi connectivity index (χ1) is 35.1. The molecule has 2 nitrogen and oxygen atoms in total. The summed E-state index contributed by atoms with van der Waals surface area (Å²) in [5.41, 5.74) is 16.6. The molecule has 0 bridgehead atoms. The molecule has 3 heteroatoms. The van der Waals surface area contributed by atoms with Gasteiger partial charge in [-0.1, -0.05) is 262 Å². The van der Waals surface area contributed by atoms with Crippen molar-refractivity contribution in [1.82, 2.24) is 4.98 Å². The highest BCUT2D eigenvalue weighted by molar-refractivity contribution is 7.21. The molecule has 0 spiro atoms. The number of anilines is 3. The summed E-state index contributed by atoms with van der Waals surface area (Å²) >= 11 is 1.76. The summed E-state index contributed by atoms with van der Waals surface area (Å²) in [6.45, 7) is 4.64. The molecule has 0 saturated carbocycles. The third-order valence-electron chi connectivity index (χ3n) is 14.9. The van der Waals surface area contributed by atoms with Gasteiger partial charge in [0.1, 0.15) is 5.01 Å². The molecule has 7 aromatic carbocycles. The van der Waals surface area contributed by atoms with Gasteiger partial charge in [-0.15, -0.1) is 11.3 Å². The van der Waals surface area contributed by atoms with Crippen LogP contribution in [0, 0.1) is 0 Å². The van der Waals surface area contributed by atoms with Crippen LogP contribution in [0.2, 0.25) is 0 Å². The van der Waals surface area contributed by atoms with Gasteiger partial charge in [0, 0.05) is 28.0 Å². The zero-order chi connectivity index (χ0) is 48.5. The summed E-state index contributed by atoms with van der Waals surface area (Å²) in [6.07, 6.45) is 33.1. The van der Waals surface area contributed by atoms with Crippen molar-refractivity contribution in [3.63, 3.8) is 0 Å². The molecule has 9 rings (SSSR count). The normalized spacial score (nSPS) is 12.8. The monoisotopic (exact) mass is 951 g/mol. The minimum atomic E-state index is -0.0122. The van der Waals surface area contributed by atoms with Gasteiger partial charge in [0.05, 0.1) is 10.2 Å². The molecule has 1 aliphatic carbocycles. The Bertz CT molecular complexity index is 2850. The topological polar surface area (TPSA) is 16.1 Å². The number of unbranched alkanes of at least 4 members (excludes halogenated alkanes) is 14. The molecule has 0 N–H and O–H groups in total. The van der Waals surface area contributed by atoms with Crippen molar-refractivity contribution >= 4 is 62.9 Å². The third kappa shape index (κ3) is 12.6. The van der Waals surface area contributed by atoms with Gasteiger partial charge in [-0.25, -0.2) is 4.98 Å². The number of hydrogen-bond donors (Lipinski definition) is 0. The second-order valence-electron chi connectivity index (χ2n) is 20.0. The quantitative estimate of drug-likeness (QED) is 0.0397. The number of benzene rings is 7. The molecule has 0 saturated heterocycles. The van der Waals surface area contributed by atoms with E-state index < -0.39 is 0 Å². The first-order valence-electron chi connectivity index (χ1n) is 27.2. The SMILES string of the molecule is CCCCCCCCCCC1(CCCCCCCCCC)c2cc(C=Cc3ccc(-c4nc5ccccc5s4)cc3)ccc2-c2ccc(C=Cc3ccc(N(c4ccccc4)c4ccccc4)cc3)cc21. The van der Waals surface area contributed by atoms with Gasteiger partial charge in [-0.05, 0) is 106 Å². The minimum Gasteiger partial charge on any atom is -0.311 e. The number of aromatic nitrogens is 1. The minimum absolute atomic E-state index is 0.0122. The number of thiazole rings is 1. The van der Waals surface area contributed by atoms with E-state index in [0.29, 0.717) is 0 Å². The lowest BCUT2D eigenvalue weighted by Crippen LogP contribution is -2.25. The number of nitrogens with zero attached hydrogens (tertiary/aromatic N) is 2. The molecule has 1 aromatic heterocycles. The highest BCUT2D eigenvalue weighted by Gasteiger charge is 2.42. The lowest BCUT2D eigenvalue weighted by molar-refractivity contribution is 0.397. The fourth-order valence-electron chi connectivity index (χ4n) is 11.0. The first-order valence-corrected chi connectivity index (χ1v) is 28.1. The molecular weight excluding hydrogens is 877 g/mol. The van der Waals surface area contributed by atoms with Crippen LogP contribution >= 0.6 is 11.3 Å². The van der Waals surface area contributed by atoms with Crippen molar-refractivity contribution in [1.29, 1.82) is 0 Å². The summed E-state index contributed by atoms with van der Waals surface area (Å²) in [4.78, 5) is 7.24. The van der Waals surface area contributed by atoms with Crippen LogP contribution in [0.15, 0.2) is 170 Å². The maximum absolute atomic E-state index is 4.91. The molecule has 0 atom stereocenters. The van der Waals surface area contributed by atoms with Crippen molar-refractivity contribution in [2.75, 3.05) is 4.90 Å². The van der Waals surface area contributed by atoms with Gasteiger partial charge in [0.25, 0.3) is 0 Å². The number of para-hydroxylation sites is 3.